The molecule has 1 heterocycles. The van der Waals surface area contributed by atoms with Gasteiger partial charge in [0.15, 0.2) is 4.60 Å². The molecule has 1 aromatic heterocycles. The number of nitrogens with zero attached hydrogens (tertiary/aromatic N) is 3. The number of aromatic nitrogens is 3. The summed E-state index contributed by atoms with van der Waals surface area (Å²) in [5.74, 6) is 5.61. The van der Waals surface area contributed by atoms with Crippen LogP contribution in [0.4, 0.5) is 0 Å². The average Bonchev–Trinajstić information content (AvgIpc) is 2.69. The summed E-state index contributed by atoms with van der Waals surface area (Å²) >= 11 is 9.23. The molecule has 2 rings (SSSR count). The molecule has 0 aliphatic carbocycles. The predicted octanol–water partition coefficient (Wildman–Crippen LogP) is 1.98. The van der Waals surface area contributed by atoms with Gasteiger partial charge in [-0.3, -0.25) is 11.3 Å². The van der Waals surface area contributed by atoms with E-state index in [1.165, 1.54) is 0 Å². The van der Waals surface area contributed by atoms with Crippen molar-refractivity contribution < 1.29 is 0 Å². The lowest BCUT2D eigenvalue weighted by Gasteiger charge is -2.16. The molecule has 0 bridgehead atoms. The van der Waals surface area contributed by atoms with Crippen molar-refractivity contribution in [2.24, 2.45) is 12.9 Å². The smallest absolute Gasteiger partial charge is 0.153 e. The van der Waals surface area contributed by atoms with Crippen molar-refractivity contribution in [3.63, 3.8) is 0 Å². The standard InChI is InChI=1S/C11H13BrClN5/c1-18-10(11(12)16-17-18)9(15-14)6-7-2-4-8(13)5-3-7/h2-5,9,15H,6,14H2,1H3. The second-order valence-electron chi connectivity index (χ2n) is 3.94. The SMILES string of the molecule is Cn1nnc(Br)c1C(Cc1ccc(Cl)cc1)NN. The molecule has 1 aromatic carbocycles. The van der Waals surface area contributed by atoms with Crippen LogP contribution in [0.3, 0.4) is 0 Å². The highest BCUT2D eigenvalue weighted by Gasteiger charge is 2.19. The molecule has 7 heteroatoms. The van der Waals surface area contributed by atoms with E-state index in [0.29, 0.717) is 4.60 Å². The van der Waals surface area contributed by atoms with Crippen LogP contribution >= 0.6 is 27.5 Å². The zero-order valence-corrected chi connectivity index (χ0v) is 12.1. The Balaban J connectivity index is 2.22. The summed E-state index contributed by atoms with van der Waals surface area (Å²) in [5, 5.41) is 8.62. The van der Waals surface area contributed by atoms with Gasteiger partial charge in [0.25, 0.3) is 0 Å². The molecular weight excluding hydrogens is 318 g/mol. The van der Waals surface area contributed by atoms with Crippen molar-refractivity contribution in [3.8, 4) is 0 Å². The topological polar surface area (TPSA) is 68.8 Å². The van der Waals surface area contributed by atoms with Crippen LogP contribution in [0, 0.1) is 0 Å². The highest BCUT2D eigenvalue weighted by atomic mass is 79.9. The van der Waals surface area contributed by atoms with Crippen LogP contribution in [0.1, 0.15) is 17.3 Å². The van der Waals surface area contributed by atoms with Crippen molar-refractivity contribution in [1.82, 2.24) is 20.4 Å². The fourth-order valence-electron chi connectivity index (χ4n) is 1.80. The predicted molar refractivity (Wildman–Crippen MR) is 73.9 cm³/mol. The van der Waals surface area contributed by atoms with Gasteiger partial charge in [0.05, 0.1) is 11.7 Å². The van der Waals surface area contributed by atoms with Gasteiger partial charge in [-0.1, -0.05) is 28.9 Å². The Hall–Kier alpha value is -0.950. The molecule has 0 amide bonds. The molecule has 0 spiro atoms. The number of nitrogens with two attached hydrogens (primary N) is 1. The lowest BCUT2D eigenvalue weighted by Crippen LogP contribution is -2.31. The summed E-state index contributed by atoms with van der Waals surface area (Å²) < 4.78 is 2.40. The van der Waals surface area contributed by atoms with E-state index in [-0.39, 0.29) is 6.04 Å². The first-order valence-electron chi connectivity index (χ1n) is 5.37. The number of rotatable bonds is 4. The lowest BCUT2D eigenvalue weighted by molar-refractivity contribution is 0.505. The Morgan fingerprint density at radius 3 is 2.61 bits per heavy atom. The van der Waals surface area contributed by atoms with Gasteiger partial charge in [-0.05, 0) is 40.0 Å². The summed E-state index contributed by atoms with van der Waals surface area (Å²) in [4.78, 5) is 0. The van der Waals surface area contributed by atoms with Gasteiger partial charge in [-0.15, -0.1) is 5.10 Å². The van der Waals surface area contributed by atoms with Gasteiger partial charge in [0, 0.05) is 12.1 Å². The van der Waals surface area contributed by atoms with E-state index < -0.39 is 0 Å². The Morgan fingerprint density at radius 2 is 2.11 bits per heavy atom. The van der Waals surface area contributed by atoms with Crippen LogP contribution in [0.5, 0.6) is 0 Å². The molecule has 0 fully saturated rings. The van der Waals surface area contributed by atoms with E-state index in [1.54, 1.807) is 4.68 Å². The largest absolute Gasteiger partial charge is 0.271 e. The minimum absolute atomic E-state index is 0.0689. The van der Waals surface area contributed by atoms with E-state index in [9.17, 15) is 0 Å². The average molecular weight is 331 g/mol. The summed E-state index contributed by atoms with van der Waals surface area (Å²) in [6.07, 6.45) is 0.730. The fraction of sp³-hybridized carbons (Fsp3) is 0.273. The zero-order chi connectivity index (χ0) is 13.1. The van der Waals surface area contributed by atoms with Crippen molar-refractivity contribution in [2.75, 3.05) is 0 Å². The van der Waals surface area contributed by atoms with Crippen LogP contribution in [-0.4, -0.2) is 15.0 Å². The van der Waals surface area contributed by atoms with Crippen LogP contribution in [0.15, 0.2) is 28.9 Å². The minimum Gasteiger partial charge on any atom is -0.271 e. The Kier molecular flexibility index (Phi) is 4.34. The number of aryl methyl sites for hydroxylation is 1. The first kappa shape index (κ1) is 13.5. The summed E-state index contributed by atoms with van der Waals surface area (Å²) in [5.41, 5.74) is 4.83. The number of halogens is 2. The van der Waals surface area contributed by atoms with Crippen LogP contribution < -0.4 is 11.3 Å². The second kappa shape index (κ2) is 5.79. The minimum atomic E-state index is -0.0689. The van der Waals surface area contributed by atoms with Gasteiger partial charge < -0.3 is 0 Å². The van der Waals surface area contributed by atoms with E-state index in [1.807, 2.05) is 31.3 Å². The van der Waals surface area contributed by atoms with Crippen LogP contribution in [-0.2, 0) is 13.5 Å². The third kappa shape index (κ3) is 2.89. The third-order valence-electron chi connectivity index (χ3n) is 2.71. The van der Waals surface area contributed by atoms with E-state index in [4.69, 9.17) is 17.4 Å². The van der Waals surface area contributed by atoms with Crippen molar-refractivity contribution in [2.45, 2.75) is 12.5 Å². The molecule has 0 saturated heterocycles. The maximum Gasteiger partial charge on any atom is 0.153 e. The van der Waals surface area contributed by atoms with Crippen LogP contribution in [0.25, 0.3) is 0 Å². The van der Waals surface area contributed by atoms with E-state index in [0.717, 1.165) is 22.7 Å². The molecule has 2 aromatic rings. The molecular formula is C11H13BrClN5. The van der Waals surface area contributed by atoms with Crippen molar-refractivity contribution in [1.29, 1.82) is 0 Å². The number of hydrogen-bond donors (Lipinski definition) is 2. The monoisotopic (exact) mass is 329 g/mol. The number of benzene rings is 1. The molecule has 5 nitrogen and oxygen atoms in total. The molecule has 0 aliphatic heterocycles. The zero-order valence-electron chi connectivity index (χ0n) is 9.77. The highest BCUT2D eigenvalue weighted by Crippen LogP contribution is 2.23. The second-order valence-corrected chi connectivity index (χ2v) is 5.13. The number of hydrogen-bond acceptors (Lipinski definition) is 4. The highest BCUT2D eigenvalue weighted by molar-refractivity contribution is 9.10. The Morgan fingerprint density at radius 1 is 1.44 bits per heavy atom. The quantitative estimate of drug-likeness (QED) is 0.664. The molecule has 0 aliphatic rings. The molecule has 1 atom stereocenters. The molecule has 0 saturated carbocycles. The molecule has 0 radical (unpaired) electrons. The first-order valence-corrected chi connectivity index (χ1v) is 6.54. The summed E-state index contributed by atoms with van der Waals surface area (Å²) in [6, 6.07) is 7.61. The molecule has 3 N–H and O–H groups in total. The van der Waals surface area contributed by atoms with Crippen molar-refractivity contribution in [3.05, 3.63) is 45.1 Å². The van der Waals surface area contributed by atoms with Gasteiger partial charge in [-0.25, -0.2) is 4.68 Å². The molecule has 18 heavy (non-hydrogen) atoms. The van der Waals surface area contributed by atoms with Gasteiger partial charge >= 0.3 is 0 Å². The molecule has 96 valence electrons. The normalized spacial score (nSPS) is 12.7. The summed E-state index contributed by atoms with van der Waals surface area (Å²) in [6.45, 7) is 0. The third-order valence-corrected chi connectivity index (χ3v) is 3.53. The Labute approximate surface area is 118 Å². The summed E-state index contributed by atoms with van der Waals surface area (Å²) in [7, 11) is 1.83. The number of hydrazine groups is 1. The van der Waals surface area contributed by atoms with Crippen molar-refractivity contribution >= 4 is 27.5 Å². The number of nitrogens with one attached hydrogen (secondary N) is 1. The maximum absolute atomic E-state index is 5.86. The maximum atomic E-state index is 5.86. The van der Waals surface area contributed by atoms with Gasteiger partial charge in [0.2, 0.25) is 0 Å². The Bertz CT molecular complexity index is 505. The fourth-order valence-corrected chi connectivity index (χ4v) is 2.53. The van der Waals surface area contributed by atoms with Crippen LogP contribution in [0.2, 0.25) is 5.02 Å². The first-order chi connectivity index (χ1) is 8.61. The molecule has 1 unspecified atom stereocenters. The van der Waals surface area contributed by atoms with Gasteiger partial charge in [0.1, 0.15) is 0 Å². The van der Waals surface area contributed by atoms with E-state index >= 15 is 0 Å². The van der Waals surface area contributed by atoms with Gasteiger partial charge in [-0.2, -0.15) is 0 Å². The van der Waals surface area contributed by atoms with E-state index in [2.05, 4.69) is 31.7 Å². The lowest BCUT2D eigenvalue weighted by atomic mass is 10.0.